The van der Waals surface area contributed by atoms with Crippen molar-refractivity contribution in [3.05, 3.63) is 45.3 Å². The minimum absolute atomic E-state index is 0.555. The maximum atomic E-state index is 5.69. The van der Waals surface area contributed by atoms with Gasteiger partial charge in [0.1, 0.15) is 11.6 Å². The van der Waals surface area contributed by atoms with Gasteiger partial charge in [-0.25, -0.2) is 0 Å². The van der Waals surface area contributed by atoms with Crippen molar-refractivity contribution < 1.29 is 4.74 Å². The van der Waals surface area contributed by atoms with Gasteiger partial charge in [-0.2, -0.15) is 4.98 Å². The summed E-state index contributed by atoms with van der Waals surface area (Å²) in [6, 6.07) is 11.3. The van der Waals surface area contributed by atoms with Crippen molar-refractivity contribution in [1.29, 1.82) is 0 Å². The molecule has 5 heteroatoms. The summed E-state index contributed by atoms with van der Waals surface area (Å²) >= 11 is 6.84. The Morgan fingerprint density at radius 2 is 2.00 bits per heavy atom. The molecule has 0 atom stereocenters. The van der Waals surface area contributed by atoms with Crippen LogP contribution < -0.4 is 10.1 Å². The first-order chi connectivity index (χ1) is 8.19. The number of benzene rings is 1. The molecule has 0 unspecified atom stereocenters. The molecular weight excluding hydrogens is 348 g/mol. The summed E-state index contributed by atoms with van der Waals surface area (Å²) in [5.41, 5.74) is 0. The van der Waals surface area contributed by atoms with Crippen LogP contribution >= 0.6 is 31.9 Å². The van der Waals surface area contributed by atoms with Crippen LogP contribution in [0.1, 0.15) is 0 Å². The van der Waals surface area contributed by atoms with Crippen molar-refractivity contribution in [2.45, 2.75) is 0 Å². The lowest BCUT2D eigenvalue weighted by molar-refractivity contribution is 0.461. The van der Waals surface area contributed by atoms with Gasteiger partial charge in [-0.05, 0) is 40.2 Å². The van der Waals surface area contributed by atoms with Gasteiger partial charge in [-0.1, -0.05) is 22.0 Å². The minimum atomic E-state index is 0.555. The zero-order valence-electron chi connectivity index (χ0n) is 9.08. The fraction of sp³-hybridized carbons (Fsp3) is 0.0833. The Labute approximate surface area is 116 Å². The number of nitrogens with zero attached hydrogens (tertiary/aromatic N) is 1. The second-order valence-corrected chi connectivity index (χ2v) is 5.06. The van der Waals surface area contributed by atoms with Gasteiger partial charge < -0.3 is 10.1 Å². The summed E-state index contributed by atoms with van der Waals surface area (Å²) < 4.78 is 7.56. The summed E-state index contributed by atoms with van der Waals surface area (Å²) in [4.78, 5) is 4.28. The molecule has 1 N–H and O–H groups in total. The Hall–Kier alpha value is -1.07. The van der Waals surface area contributed by atoms with E-state index in [1.165, 1.54) is 0 Å². The summed E-state index contributed by atoms with van der Waals surface area (Å²) in [5.74, 6) is 2.06. The van der Waals surface area contributed by atoms with Crippen LogP contribution in [0.15, 0.2) is 45.3 Å². The van der Waals surface area contributed by atoms with E-state index in [-0.39, 0.29) is 0 Å². The number of rotatable bonds is 3. The highest BCUT2D eigenvalue weighted by atomic mass is 79.9. The molecule has 2 rings (SSSR count). The lowest BCUT2D eigenvalue weighted by atomic mass is 10.3. The Balaban J connectivity index is 2.25. The lowest BCUT2D eigenvalue weighted by Gasteiger charge is -2.08. The number of anilines is 1. The fourth-order valence-corrected chi connectivity index (χ4v) is 2.41. The van der Waals surface area contributed by atoms with E-state index in [4.69, 9.17) is 4.74 Å². The number of halogens is 2. The average molecular weight is 358 g/mol. The van der Waals surface area contributed by atoms with Crippen molar-refractivity contribution in [1.82, 2.24) is 4.98 Å². The third-order valence-electron chi connectivity index (χ3n) is 2.09. The number of nitrogens with one attached hydrogen (secondary N) is 1. The Morgan fingerprint density at radius 1 is 1.18 bits per heavy atom. The Kier molecular flexibility index (Phi) is 4.02. The Morgan fingerprint density at radius 3 is 2.71 bits per heavy atom. The smallest absolute Gasteiger partial charge is 0.221 e. The molecule has 17 heavy (non-hydrogen) atoms. The molecule has 0 aliphatic rings. The van der Waals surface area contributed by atoms with E-state index in [2.05, 4.69) is 42.2 Å². The molecule has 1 aromatic carbocycles. The van der Waals surface area contributed by atoms with Crippen LogP contribution in [-0.4, -0.2) is 12.0 Å². The molecule has 1 aromatic heterocycles. The zero-order chi connectivity index (χ0) is 12.3. The molecule has 0 saturated carbocycles. The van der Waals surface area contributed by atoms with Gasteiger partial charge in [0, 0.05) is 17.6 Å². The van der Waals surface area contributed by atoms with Gasteiger partial charge in [0.05, 0.1) is 4.47 Å². The lowest BCUT2D eigenvalue weighted by Crippen LogP contribution is -1.94. The third-order valence-corrected chi connectivity index (χ3v) is 3.20. The van der Waals surface area contributed by atoms with Gasteiger partial charge in [0.25, 0.3) is 0 Å². The number of aromatic nitrogens is 1. The van der Waals surface area contributed by atoms with Gasteiger partial charge >= 0.3 is 0 Å². The van der Waals surface area contributed by atoms with Crippen molar-refractivity contribution in [2.24, 2.45) is 0 Å². The molecule has 0 spiro atoms. The van der Waals surface area contributed by atoms with Gasteiger partial charge in [-0.3, -0.25) is 0 Å². The van der Waals surface area contributed by atoms with Gasteiger partial charge in [-0.15, -0.1) is 0 Å². The molecule has 3 nitrogen and oxygen atoms in total. The van der Waals surface area contributed by atoms with Crippen LogP contribution in [-0.2, 0) is 0 Å². The molecule has 0 aliphatic heterocycles. The second kappa shape index (κ2) is 5.51. The van der Waals surface area contributed by atoms with Crippen LogP contribution in [0.3, 0.4) is 0 Å². The molecule has 0 amide bonds. The van der Waals surface area contributed by atoms with Crippen LogP contribution in [0.4, 0.5) is 5.82 Å². The molecule has 0 aliphatic carbocycles. The number of hydrogen-bond acceptors (Lipinski definition) is 3. The molecule has 0 bridgehead atoms. The van der Waals surface area contributed by atoms with E-state index in [0.29, 0.717) is 5.88 Å². The second-order valence-electron chi connectivity index (χ2n) is 3.29. The average Bonchev–Trinajstić information content (AvgIpc) is 2.33. The summed E-state index contributed by atoms with van der Waals surface area (Å²) in [5, 5.41) is 2.97. The summed E-state index contributed by atoms with van der Waals surface area (Å²) in [7, 11) is 1.82. The quantitative estimate of drug-likeness (QED) is 0.881. The van der Waals surface area contributed by atoms with Crippen molar-refractivity contribution in [3.63, 3.8) is 0 Å². The maximum absolute atomic E-state index is 5.69. The van der Waals surface area contributed by atoms with E-state index in [1.54, 1.807) is 0 Å². The SMILES string of the molecule is CNc1cccc(Oc2ccc(Br)cc2Br)n1. The number of pyridine rings is 1. The molecule has 0 fully saturated rings. The van der Waals surface area contributed by atoms with E-state index >= 15 is 0 Å². The topological polar surface area (TPSA) is 34.1 Å². The van der Waals surface area contributed by atoms with Crippen LogP contribution in [0.2, 0.25) is 0 Å². The van der Waals surface area contributed by atoms with Gasteiger partial charge in [0.2, 0.25) is 5.88 Å². The van der Waals surface area contributed by atoms with E-state index in [1.807, 2.05) is 43.4 Å². The van der Waals surface area contributed by atoms with E-state index in [9.17, 15) is 0 Å². The first kappa shape index (κ1) is 12.4. The largest absolute Gasteiger partial charge is 0.438 e. The van der Waals surface area contributed by atoms with E-state index in [0.717, 1.165) is 20.5 Å². The predicted octanol–water partition coefficient (Wildman–Crippen LogP) is 4.44. The summed E-state index contributed by atoms with van der Waals surface area (Å²) in [6.07, 6.45) is 0. The fourth-order valence-electron chi connectivity index (χ4n) is 1.28. The van der Waals surface area contributed by atoms with Crippen molar-refractivity contribution in [3.8, 4) is 11.6 Å². The predicted molar refractivity (Wildman–Crippen MR) is 75.7 cm³/mol. The first-order valence-electron chi connectivity index (χ1n) is 4.97. The highest BCUT2D eigenvalue weighted by Crippen LogP contribution is 2.31. The standard InChI is InChI=1S/C12H10Br2N2O/c1-15-11-3-2-4-12(16-11)17-10-6-5-8(13)7-9(10)14/h2-7H,1H3,(H,15,16). The number of hydrogen-bond donors (Lipinski definition) is 1. The zero-order valence-corrected chi connectivity index (χ0v) is 12.2. The van der Waals surface area contributed by atoms with Gasteiger partial charge in [0.15, 0.2) is 0 Å². The highest BCUT2D eigenvalue weighted by molar-refractivity contribution is 9.11. The van der Waals surface area contributed by atoms with Crippen molar-refractivity contribution in [2.75, 3.05) is 12.4 Å². The third kappa shape index (κ3) is 3.20. The minimum Gasteiger partial charge on any atom is -0.438 e. The molecule has 88 valence electrons. The van der Waals surface area contributed by atoms with Crippen LogP contribution in [0, 0.1) is 0 Å². The van der Waals surface area contributed by atoms with Crippen LogP contribution in [0.5, 0.6) is 11.6 Å². The monoisotopic (exact) mass is 356 g/mol. The van der Waals surface area contributed by atoms with E-state index < -0.39 is 0 Å². The molecule has 0 saturated heterocycles. The highest BCUT2D eigenvalue weighted by Gasteiger charge is 2.04. The Bertz CT molecular complexity index is 532. The van der Waals surface area contributed by atoms with Crippen LogP contribution in [0.25, 0.3) is 0 Å². The maximum Gasteiger partial charge on any atom is 0.221 e. The number of ether oxygens (including phenoxy) is 1. The molecule has 1 heterocycles. The molecule has 2 aromatic rings. The first-order valence-corrected chi connectivity index (χ1v) is 6.55. The molecular formula is C12H10Br2N2O. The normalized spacial score (nSPS) is 10.1. The molecule has 0 radical (unpaired) electrons. The van der Waals surface area contributed by atoms with Crippen molar-refractivity contribution >= 4 is 37.7 Å². The summed E-state index contributed by atoms with van der Waals surface area (Å²) in [6.45, 7) is 0.